The Morgan fingerprint density at radius 2 is 2.24 bits per heavy atom. The van der Waals surface area contributed by atoms with Crippen LogP contribution in [0.5, 0.6) is 0 Å². The predicted octanol–water partition coefficient (Wildman–Crippen LogP) is 2.49. The highest BCUT2D eigenvalue weighted by molar-refractivity contribution is 6.33. The van der Waals surface area contributed by atoms with Crippen LogP contribution < -0.4 is 11.1 Å². The van der Waals surface area contributed by atoms with Crippen molar-refractivity contribution in [2.45, 2.75) is 12.8 Å². The Labute approximate surface area is 127 Å². The van der Waals surface area contributed by atoms with Crippen molar-refractivity contribution in [3.63, 3.8) is 0 Å². The molecule has 0 unspecified atom stereocenters. The minimum Gasteiger partial charge on any atom is -0.384 e. The molecule has 0 spiro atoms. The van der Waals surface area contributed by atoms with E-state index in [-0.39, 0.29) is 5.41 Å². The fourth-order valence-electron chi connectivity index (χ4n) is 1.97. The molecule has 1 fully saturated rings. The summed E-state index contributed by atoms with van der Waals surface area (Å²) >= 11 is 6.12. The van der Waals surface area contributed by atoms with E-state index in [0.29, 0.717) is 34.6 Å². The van der Waals surface area contributed by atoms with Gasteiger partial charge in [0.25, 0.3) is 0 Å². The molecule has 3 rings (SSSR count). The topological polar surface area (TPSA) is 101 Å². The molecule has 1 aliphatic carbocycles. The second kappa shape index (κ2) is 5.19. The first-order chi connectivity index (χ1) is 10.1. The Morgan fingerprint density at radius 1 is 1.43 bits per heavy atom. The van der Waals surface area contributed by atoms with Crippen LogP contribution in [0.25, 0.3) is 11.3 Å². The van der Waals surface area contributed by atoms with Gasteiger partial charge in [0, 0.05) is 24.5 Å². The lowest BCUT2D eigenvalue weighted by Crippen LogP contribution is -2.15. The highest BCUT2D eigenvalue weighted by Crippen LogP contribution is 2.44. The highest BCUT2D eigenvalue weighted by Gasteiger charge is 2.43. The molecule has 0 amide bonds. The summed E-state index contributed by atoms with van der Waals surface area (Å²) in [5.41, 5.74) is 6.79. The van der Waals surface area contributed by atoms with Crippen molar-refractivity contribution in [3.8, 4) is 17.3 Å². The van der Waals surface area contributed by atoms with Crippen LogP contribution in [0.1, 0.15) is 12.8 Å². The Hall–Kier alpha value is -2.39. The number of nitriles is 1. The van der Waals surface area contributed by atoms with Gasteiger partial charge in [-0.15, -0.1) is 0 Å². The lowest BCUT2D eigenvalue weighted by molar-refractivity contribution is 0.706. The van der Waals surface area contributed by atoms with Gasteiger partial charge in [0.1, 0.15) is 5.82 Å². The molecule has 106 valence electrons. The fourth-order valence-corrected chi connectivity index (χ4v) is 2.17. The maximum Gasteiger partial charge on any atom is 0.223 e. The van der Waals surface area contributed by atoms with Gasteiger partial charge in [-0.25, -0.2) is 15.0 Å². The molecular formula is C14H13ClN6. The van der Waals surface area contributed by atoms with E-state index in [1.54, 1.807) is 18.3 Å². The highest BCUT2D eigenvalue weighted by atomic mass is 35.5. The zero-order valence-corrected chi connectivity index (χ0v) is 11.9. The van der Waals surface area contributed by atoms with Crippen LogP contribution in [-0.2, 0) is 0 Å². The summed E-state index contributed by atoms with van der Waals surface area (Å²) in [7, 11) is 0. The molecule has 3 N–H and O–H groups in total. The Bertz CT molecular complexity index is 720. The fraction of sp³-hybridized carbons (Fsp3) is 0.286. The number of nitrogens with two attached hydrogens (primary N) is 1. The quantitative estimate of drug-likeness (QED) is 0.899. The number of anilines is 2. The number of nitrogen functional groups attached to an aromatic ring is 1. The maximum atomic E-state index is 9.06. The average molecular weight is 301 g/mol. The molecule has 0 bridgehead atoms. The maximum absolute atomic E-state index is 9.06. The van der Waals surface area contributed by atoms with E-state index in [1.807, 2.05) is 0 Å². The smallest absolute Gasteiger partial charge is 0.223 e. The predicted molar refractivity (Wildman–Crippen MR) is 80.5 cm³/mol. The average Bonchev–Trinajstić information content (AvgIpc) is 3.29. The molecule has 0 aromatic carbocycles. The summed E-state index contributed by atoms with van der Waals surface area (Å²) in [4.78, 5) is 12.5. The van der Waals surface area contributed by atoms with Crippen molar-refractivity contribution >= 4 is 23.4 Å². The van der Waals surface area contributed by atoms with Gasteiger partial charge >= 0.3 is 0 Å². The molecule has 0 aliphatic heterocycles. The van der Waals surface area contributed by atoms with Crippen LogP contribution in [0.15, 0.2) is 24.5 Å². The number of halogens is 1. The van der Waals surface area contributed by atoms with Crippen molar-refractivity contribution in [2.24, 2.45) is 5.41 Å². The van der Waals surface area contributed by atoms with Crippen molar-refractivity contribution in [1.82, 2.24) is 15.0 Å². The third-order valence-corrected chi connectivity index (χ3v) is 3.78. The first kappa shape index (κ1) is 13.6. The summed E-state index contributed by atoms with van der Waals surface area (Å²) < 4.78 is 0. The van der Waals surface area contributed by atoms with Crippen LogP contribution in [0.3, 0.4) is 0 Å². The van der Waals surface area contributed by atoms with Crippen molar-refractivity contribution in [1.29, 1.82) is 5.26 Å². The summed E-state index contributed by atoms with van der Waals surface area (Å²) in [6.45, 7) is 0.555. The third-order valence-electron chi connectivity index (χ3n) is 3.48. The molecule has 2 heterocycles. The third kappa shape index (κ3) is 2.88. The summed E-state index contributed by atoms with van der Waals surface area (Å²) in [6.07, 6.45) is 4.98. The second-order valence-electron chi connectivity index (χ2n) is 5.10. The van der Waals surface area contributed by atoms with Crippen LogP contribution >= 0.6 is 11.6 Å². The van der Waals surface area contributed by atoms with Crippen molar-refractivity contribution < 1.29 is 0 Å². The van der Waals surface area contributed by atoms with E-state index >= 15 is 0 Å². The number of rotatable bonds is 4. The summed E-state index contributed by atoms with van der Waals surface area (Å²) in [6, 6.07) is 5.75. The molecule has 2 aromatic heterocycles. The monoisotopic (exact) mass is 300 g/mol. The van der Waals surface area contributed by atoms with Gasteiger partial charge < -0.3 is 11.1 Å². The van der Waals surface area contributed by atoms with Crippen molar-refractivity contribution in [3.05, 3.63) is 29.5 Å². The number of hydrogen-bond acceptors (Lipinski definition) is 6. The summed E-state index contributed by atoms with van der Waals surface area (Å²) in [5, 5.41) is 12.6. The second-order valence-corrected chi connectivity index (χ2v) is 5.51. The lowest BCUT2D eigenvalue weighted by atomic mass is 10.1. The first-order valence-electron chi connectivity index (χ1n) is 6.51. The number of aromatic nitrogens is 3. The van der Waals surface area contributed by atoms with E-state index < -0.39 is 0 Å². The zero-order valence-electron chi connectivity index (χ0n) is 11.2. The molecule has 1 aliphatic rings. The van der Waals surface area contributed by atoms with Crippen LogP contribution in [0.4, 0.5) is 11.8 Å². The Balaban J connectivity index is 1.83. The van der Waals surface area contributed by atoms with Gasteiger partial charge in [0.15, 0.2) is 0 Å². The number of pyridine rings is 1. The van der Waals surface area contributed by atoms with Crippen molar-refractivity contribution in [2.75, 3.05) is 17.6 Å². The van der Waals surface area contributed by atoms with Gasteiger partial charge in [0.2, 0.25) is 5.95 Å². The molecular weight excluding hydrogens is 288 g/mol. The van der Waals surface area contributed by atoms with Gasteiger partial charge in [-0.1, -0.05) is 11.6 Å². The minimum atomic E-state index is -0.252. The first-order valence-corrected chi connectivity index (χ1v) is 6.89. The number of hydrogen-bond donors (Lipinski definition) is 2. The van der Waals surface area contributed by atoms with Crippen LogP contribution in [0.2, 0.25) is 5.02 Å². The lowest BCUT2D eigenvalue weighted by Gasteiger charge is -2.09. The zero-order chi connectivity index (χ0) is 14.9. The Kier molecular flexibility index (Phi) is 3.35. The SMILES string of the molecule is N#CC1(CNc2nccc(-c3cc(N)ncc3Cl)n2)CC1. The molecule has 2 aromatic rings. The van der Waals surface area contributed by atoms with E-state index in [2.05, 4.69) is 26.3 Å². The van der Waals surface area contributed by atoms with E-state index in [9.17, 15) is 0 Å². The summed E-state index contributed by atoms with van der Waals surface area (Å²) in [5.74, 6) is 0.851. The number of nitrogens with zero attached hydrogens (tertiary/aromatic N) is 4. The van der Waals surface area contributed by atoms with Gasteiger partial charge in [-0.2, -0.15) is 5.26 Å². The Morgan fingerprint density at radius 3 is 2.95 bits per heavy atom. The van der Waals surface area contributed by atoms with Crippen LogP contribution in [-0.4, -0.2) is 21.5 Å². The standard InChI is InChI=1S/C14H13ClN6/c15-10-6-19-12(17)5-9(10)11-1-4-18-13(21-11)20-8-14(7-16)2-3-14/h1,4-6H,2-3,8H2,(H2,17,19)(H,18,20,21). The van der Waals surface area contributed by atoms with Crippen LogP contribution in [0, 0.1) is 16.7 Å². The van der Waals surface area contributed by atoms with Gasteiger partial charge in [0.05, 0.1) is 22.2 Å². The molecule has 1 saturated carbocycles. The molecule has 0 radical (unpaired) electrons. The normalized spacial score (nSPS) is 15.2. The minimum absolute atomic E-state index is 0.252. The largest absolute Gasteiger partial charge is 0.384 e. The van der Waals surface area contributed by atoms with E-state index in [0.717, 1.165) is 12.8 Å². The molecule has 0 saturated heterocycles. The molecule has 6 nitrogen and oxygen atoms in total. The van der Waals surface area contributed by atoms with E-state index in [4.69, 9.17) is 22.6 Å². The molecule has 0 atom stereocenters. The molecule has 21 heavy (non-hydrogen) atoms. The molecule has 7 heteroatoms. The van der Waals surface area contributed by atoms with E-state index in [1.165, 1.54) is 6.20 Å². The van der Waals surface area contributed by atoms with Gasteiger partial charge in [-0.05, 0) is 25.0 Å². The number of nitrogens with one attached hydrogen (secondary N) is 1. The van der Waals surface area contributed by atoms with Gasteiger partial charge in [-0.3, -0.25) is 0 Å².